The van der Waals surface area contributed by atoms with E-state index in [9.17, 15) is 14.4 Å². The Morgan fingerprint density at radius 1 is 1.20 bits per heavy atom. The predicted octanol–water partition coefficient (Wildman–Crippen LogP) is 2.32. The third-order valence-electron chi connectivity index (χ3n) is 2.36. The molecule has 1 rings (SSSR count). The maximum atomic E-state index is 10.8. The lowest BCUT2D eigenvalue weighted by atomic mass is 9.90. The van der Waals surface area contributed by atoms with Crippen molar-refractivity contribution in [1.29, 1.82) is 0 Å². The summed E-state index contributed by atoms with van der Waals surface area (Å²) in [6.07, 6.45) is 4.43. The van der Waals surface area contributed by atoms with E-state index in [2.05, 4.69) is 0 Å². The summed E-state index contributed by atoms with van der Waals surface area (Å²) in [7, 11) is 0. The summed E-state index contributed by atoms with van der Waals surface area (Å²) in [6, 6.07) is 0. The molecule has 1 aliphatic carbocycles. The second-order valence-corrected chi connectivity index (χ2v) is 4.19. The van der Waals surface area contributed by atoms with Gasteiger partial charge in [0.2, 0.25) is 0 Å². The first-order valence-electron chi connectivity index (χ1n) is 5.45. The number of carbonyl (C=O) groups is 3. The summed E-state index contributed by atoms with van der Waals surface area (Å²) >= 11 is 0. The quantitative estimate of drug-likeness (QED) is 0.660. The Bertz CT molecular complexity index is 231. The summed E-state index contributed by atoms with van der Waals surface area (Å²) in [5, 5.41) is 0. The fourth-order valence-electron chi connectivity index (χ4n) is 1.51. The van der Waals surface area contributed by atoms with Gasteiger partial charge in [-0.15, -0.1) is 0 Å². The van der Waals surface area contributed by atoms with Crippen LogP contribution in [0.3, 0.4) is 0 Å². The lowest BCUT2D eigenvalue weighted by molar-refractivity contribution is -0.125. The maximum Gasteiger partial charge on any atom is 0.137 e. The summed E-state index contributed by atoms with van der Waals surface area (Å²) in [5.74, 6) is 0.708. The van der Waals surface area contributed by atoms with Gasteiger partial charge in [0.05, 0.1) is 6.42 Å². The van der Waals surface area contributed by atoms with Gasteiger partial charge in [0, 0.05) is 12.3 Å². The molecule has 0 N–H and O–H groups in total. The molecule has 1 saturated carbocycles. The molecule has 0 aliphatic heterocycles. The van der Waals surface area contributed by atoms with E-state index in [0.29, 0.717) is 11.7 Å². The molecule has 1 atom stereocenters. The van der Waals surface area contributed by atoms with Crippen LogP contribution in [0, 0.1) is 5.92 Å². The summed E-state index contributed by atoms with van der Waals surface area (Å²) in [6.45, 7) is 4.84. The van der Waals surface area contributed by atoms with E-state index >= 15 is 0 Å². The Labute approximate surface area is 91.2 Å². The number of hydrogen-bond donors (Lipinski definition) is 0. The smallest absolute Gasteiger partial charge is 0.137 e. The Balaban J connectivity index is 0.000000265. The van der Waals surface area contributed by atoms with Crippen LogP contribution in [-0.4, -0.2) is 17.3 Å². The van der Waals surface area contributed by atoms with Gasteiger partial charge in [-0.1, -0.05) is 13.3 Å². The van der Waals surface area contributed by atoms with Crippen molar-refractivity contribution in [3.05, 3.63) is 0 Å². The largest absolute Gasteiger partial charge is 0.300 e. The Morgan fingerprint density at radius 2 is 1.73 bits per heavy atom. The monoisotopic (exact) mass is 212 g/mol. The van der Waals surface area contributed by atoms with E-state index in [0.717, 1.165) is 19.3 Å². The zero-order chi connectivity index (χ0) is 11.8. The molecular formula is C12H20O3. The molecule has 0 aromatic heterocycles. The van der Waals surface area contributed by atoms with Crippen molar-refractivity contribution in [1.82, 2.24) is 0 Å². The van der Waals surface area contributed by atoms with Crippen LogP contribution < -0.4 is 0 Å². The van der Waals surface area contributed by atoms with Crippen LogP contribution in [0.4, 0.5) is 0 Å². The third-order valence-corrected chi connectivity index (χ3v) is 2.36. The molecule has 1 unspecified atom stereocenters. The van der Waals surface area contributed by atoms with Crippen LogP contribution in [0.2, 0.25) is 0 Å². The fraction of sp³-hybridized carbons (Fsp3) is 0.750. The Morgan fingerprint density at radius 3 is 1.93 bits per heavy atom. The summed E-state index contributed by atoms with van der Waals surface area (Å²) in [4.78, 5) is 30.9. The van der Waals surface area contributed by atoms with Gasteiger partial charge in [-0.3, -0.25) is 14.4 Å². The Kier molecular flexibility index (Phi) is 6.84. The van der Waals surface area contributed by atoms with E-state index in [1.54, 1.807) is 0 Å². The van der Waals surface area contributed by atoms with Crippen LogP contribution in [-0.2, 0) is 14.4 Å². The summed E-state index contributed by atoms with van der Waals surface area (Å²) in [5.41, 5.74) is 0. The zero-order valence-electron chi connectivity index (χ0n) is 9.84. The van der Waals surface area contributed by atoms with Gasteiger partial charge in [0.25, 0.3) is 0 Å². The first-order valence-corrected chi connectivity index (χ1v) is 5.45. The Hall–Kier alpha value is -0.990. The molecule has 0 aromatic carbocycles. The van der Waals surface area contributed by atoms with Crippen LogP contribution >= 0.6 is 0 Å². The highest BCUT2D eigenvalue weighted by atomic mass is 16.1. The van der Waals surface area contributed by atoms with Crippen molar-refractivity contribution < 1.29 is 14.4 Å². The predicted molar refractivity (Wildman–Crippen MR) is 58.6 cm³/mol. The molecule has 1 aliphatic rings. The average molecular weight is 212 g/mol. The highest BCUT2D eigenvalue weighted by Gasteiger charge is 2.16. The van der Waals surface area contributed by atoms with Gasteiger partial charge in [-0.2, -0.15) is 0 Å². The van der Waals surface area contributed by atoms with Gasteiger partial charge in [0.1, 0.15) is 17.3 Å². The topological polar surface area (TPSA) is 51.2 Å². The fourth-order valence-corrected chi connectivity index (χ4v) is 1.51. The molecule has 3 heteroatoms. The normalized spacial score (nSPS) is 20.2. The molecule has 0 amide bonds. The molecule has 0 aromatic rings. The van der Waals surface area contributed by atoms with Gasteiger partial charge in [0.15, 0.2) is 0 Å². The van der Waals surface area contributed by atoms with Crippen molar-refractivity contribution in [2.24, 2.45) is 5.92 Å². The van der Waals surface area contributed by atoms with Crippen LogP contribution in [0.5, 0.6) is 0 Å². The number of Topliss-reactive ketones (excluding diaryl/α,β-unsaturated/α-hetero) is 3. The summed E-state index contributed by atoms with van der Waals surface area (Å²) < 4.78 is 0. The van der Waals surface area contributed by atoms with Crippen LogP contribution in [0.25, 0.3) is 0 Å². The van der Waals surface area contributed by atoms with Crippen molar-refractivity contribution in [3.63, 3.8) is 0 Å². The van der Waals surface area contributed by atoms with E-state index in [1.165, 1.54) is 20.3 Å². The SMILES string of the molecule is CC(=O)CC(C)=O.CC1CCCCC1=O. The van der Waals surface area contributed by atoms with Crippen LogP contribution in [0.1, 0.15) is 52.9 Å². The van der Waals surface area contributed by atoms with E-state index in [1.807, 2.05) is 6.92 Å². The van der Waals surface area contributed by atoms with Gasteiger partial charge in [-0.05, 0) is 26.7 Å². The molecule has 15 heavy (non-hydrogen) atoms. The minimum atomic E-state index is -0.0625. The zero-order valence-corrected chi connectivity index (χ0v) is 9.84. The van der Waals surface area contributed by atoms with Gasteiger partial charge in [-0.25, -0.2) is 0 Å². The molecule has 86 valence electrons. The minimum Gasteiger partial charge on any atom is -0.300 e. The number of rotatable bonds is 2. The van der Waals surface area contributed by atoms with Crippen molar-refractivity contribution in [2.45, 2.75) is 52.9 Å². The molecule has 3 nitrogen and oxygen atoms in total. The molecule has 0 radical (unpaired) electrons. The van der Waals surface area contributed by atoms with Gasteiger partial charge < -0.3 is 0 Å². The highest BCUT2D eigenvalue weighted by Crippen LogP contribution is 2.18. The average Bonchev–Trinajstić information content (AvgIpc) is 2.08. The second-order valence-electron chi connectivity index (χ2n) is 4.19. The molecule has 0 bridgehead atoms. The van der Waals surface area contributed by atoms with Crippen LogP contribution in [0.15, 0.2) is 0 Å². The molecule has 0 saturated heterocycles. The lowest BCUT2D eigenvalue weighted by Crippen LogP contribution is -2.14. The number of carbonyl (C=O) groups excluding carboxylic acids is 3. The van der Waals surface area contributed by atoms with E-state index in [-0.39, 0.29) is 18.0 Å². The number of ketones is 3. The van der Waals surface area contributed by atoms with E-state index in [4.69, 9.17) is 0 Å². The maximum absolute atomic E-state index is 10.8. The first kappa shape index (κ1) is 14.0. The third kappa shape index (κ3) is 8.03. The first-order chi connectivity index (χ1) is 6.93. The molecule has 0 heterocycles. The standard InChI is InChI=1S/C7H12O.C5H8O2/c1-6-4-2-3-5-7(6)8;1-4(6)3-5(2)7/h6H,2-5H2,1H3;3H2,1-2H3. The molecule has 1 fully saturated rings. The van der Waals surface area contributed by atoms with Gasteiger partial charge >= 0.3 is 0 Å². The second kappa shape index (κ2) is 7.32. The molecular weight excluding hydrogens is 192 g/mol. The number of hydrogen-bond acceptors (Lipinski definition) is 3. The van der Waals surface area contributed by atoms with Crippen molar-refractivity contribution >= 4 is 17.3 Å². The minimum absolute atomic E-state index is 0.0625. The lowest BCUT2D eigenvalue weighted by Gasteiger charge is -2.14. The van der Waals surface area contributed by atoms with Crippen molar-refractivity contribution in [2.75, 3.05) is 0 Å². The highest BCUT2D eigenvalue weighted by molar-refractivity contribution is 5.96. The van der Waals surface area contributed by atoms with E-state index < -0.39 is 0 Å². The van der Waals surface area contributed by atoms with Crippen molar-refractivity contribution in [3.8, 4) is 0 Å². The molecule has 0 spiro atoms.